The maximum atomic E-state index is 12.8. The second-order valence-corrected chi connectivity index (χ2v) is 8.60. The molecule has 0 aliphatic carbocycles. The van der Waals surface area contributed by atoms with Gasteiger partial charge in [0.05, 0.1) is 25.5 Å². The maximum absolute atomic E-state index is 12.8. The van der Waals surface area contributed by atoms with Crippen molar-refractivity contribution in [2.75, 3.05) is 24.6 Å². The monoisotopic (exact) mass is 450 g/mol. The molecule has 6 nitrogen and oxygen atoms in total. The minimum absolute atomic E-state index is 0.0120. The van der Waals surface area contributed by atoms with Crippen LogP contribution in [0.4, 0.5) is 5.69 Å². The summed E-state index contributed by atoms with van der Waals surface area (Å²) in [5.41, 5.74) is 3.95. The molecule has 1 aliphatic heterocycles. The van der Waals surface area contributed by atoms with Crippen LogP contribution >= 0.6 is 0 Å². The average Bonchev–Trinajstić information content (AvgIpc) is 2.83. The Morgan fingerprint density at radius 3 is 2.48 bits per heavy atom. The van der Waals surface area contributed by atoms with Crippen molar-refractivity contribution in [2.45, 2.75) is 53.0 Å². The van der Waals surface area contributed by atoms with Gasteiger partial charge in [-0.1, -0.05) is 48.9 Å². The van der Waals surface area contributed by atoms with Crippen LogP contribution < -0.4 is 4.90 Å². The predicted molar refractivity (Wildman–Crippen MR) is 129 cm³/mol. The molecule has 0 aromatic heterocycles. The third-order valence-electron chi connectivity index (χ3n) is 6.02. The number of ether oxygens (including phenoxy) is 1. The second-order valence-electron chi connectivity index (χ2n) is 8.60. The summed E-state index contributed by atoms with van der Waals surface area (Å²) in [5, 5.41) is 0. The number of anilines is 1. The Hall–Kier alpha value is -3.15. The van der Waals surface area contributed by atoms with E-state index < -0.39 is 0 Å². The molecule has 0 bridgehead atoms. The van der Waals surface area contributed by atoms with Gasteiger partial charge >= 0.3 is 5.97 Å². The van der Waals surface area contributed by atoms with Gasteiger partial charge in [0.25, 0.3) is 0 Å². The molecule has 1 saturated heterocycles. The third-order valence-corrected chi connectivity index (χ3v) is 6.02. The van der Waals surface area contributed by atoms with Crippen LogP contribution in [-0.2, 0) is 32.1 Å². The van der Waals surface area contributed by atoms with Crippen LogP contribution in [-0.4, -0.2) is 42.4 Å². The largest absolute Gasteiger partial charge is 0.466 e. The average molecular weight is 451 g/mol. The number of piperidine rings is 1. The van der Waals surface area contributed by atoms with Crippen molar-refractivity contribution >= 4 is 23.5 Å². The molecule has 2 aromatic rings. The molecule has 2 aromatic carbocycles. The fourth-order valence-corrected chi connectivity index (χ4v) is 4.24. The first-order valence-electron chi connectivity index (χ1n) is 11.8. The normalized spacial score (nSPS) is 15.7. The van der Waals surface area contributed by atoms with Gasteiger partial charge in [-0.2, -0.15) is 0 Å². The highest BCUT2D eigenvalue weighted by molar-refractivity contribution is 5.93. The summed E-state index contributed by atoms with van der Waals surface area (Å²) in [6.45, 7) is 7.66. The van der Waals surface area contributed by atoms with E-state index in [4.69, 9.17) is 4.74 Å². The number of rotatable bonds is 8. The van der Waals surface area contributed by atoms with Crippen LogP contribution in [0, 0.1) is 12.8 Å². The van der Waals surface area contributed by atoms with Crippen molar-refractivity contribution in [3.8, 4) is 0 Å². The number of esters is 1. The van der Waals surface area contributed by atoms with Gasteiger partial charge < -0.3 is 14.5 Å². The molecule has 0 unspecified atom stereocenters. The SMILES string of the molecule is CCOC(=O)[C@@H]1CCCN(C(=O)Cc2ccc(N(Cc3cccc(C)c3)C(=O)CC)cc2)C1. The van der Waals surface area contributed by atoms with Crippen LogP contribution in [0.2, 0.25) is 0 Å². The van der Waals surface area contributed by atoms with Crippen molar-refractivity contribution in [3.63, 3.8) is 0 Å². The molecule has 3 rings (SSSR count). The Morgan fingerprint density at radius 1 is 1.06 bits per heavy atom. The van der Waals surface area contributed by atoms with Gasteiger partial charge in [0, 0.05) is 25.2 Å². The number of aryl methyl sites for hydroxylation is 1. The Balaban J connectivity index is 1.66. The lowest BCUT2D eigenvalue weighted by Gasteiger charge is -2.31. The number of hydrogen-bond acceptors (Lipinski definition) is 4. The lowest BCUT2D eigenvalue weighted by Crippen LogP contribution is -2.43. The molecule has 2 amide bonds. The van der Waals surface area contributed by atoms with Crippen LogP contribution in [0.15, 0.2) is 48.5 Å². The fraction of sp³-hybridized carbons (Fsp3) is 0.444. The molecular formula is C27H34N2O4. The van der Waals surface area contributed by atoms with Crippen molar-refractivity contribution in [2.24, 2.45) is 5.92 Å². The number of nitrogens with zero attached hydrogens (tertiary/aromatic N) is 2. The van der Waals surface area contributed by atoms with Crippen LogP contribution in [0.25, 0.3) is 0 Å². The molecular weight excluding hydrogens is 416 g/mol. The van der Waals surface area contributed by atoms with Crippen molar-refractivity contribution < 1.29 is 19.1 Å². The number of amides is 2. The molecule has 0 N–H and O–H groups in total. The molecule has 1 aliphatic rings. The van der Waals surface area contributed by atoms with E-state index in [1.165, 1.54) is 0 Å². The van der Waals surface area contributed by atoms with Crippen LogP contribution in [0.5, 0.6) is 0 Å². The van der Waals surface area contributed by atoms with E-state index in [1.54, 1.807) is 16.7 Å². The minimum Gasteiger partial charge on any atom is -0.466 e. The van der Waals surface area contributed by atoms with E-state index in [-0.39, 0.29) is 30.1 Å². The predicted octanol–water partition coefficient (Wildman–Crippen LogP) is 4.28. The van der Waals surface area contributed by atoms with E-state index in [0.29, 0.717) is 32.7 Å². The van der Waals surface area contributed by atoms with Gasteiger partial charge in [-0.05, 0) is 49.9 Å². The van der Waals surface area contributed by atoms with Gasteiger partial charge in [-0.15, -0.1) is 0 Å². The molecule has 0 spiro atoms. The first-order valence-corrected chi connectivity index (χ1v) is 11.8. The first-order chi connectivity index (χ1) is 15.9. The van der Waals surface area contributed by atoms with Gasteiger partial charge in [0.2, 0.25) is 11.8 Å². The quantitative estimate of drug-likeness (QED) is 0.563. The lowest BCUT2D eigenvalue weighted by atomic mass is 9.97. The molecule has 0 saturated carbocycles. The number of carbonyl (C=O) groups excluding carboxylic acids is 3. The summed E-state index contributed by atoms with van der Waals surface area (Å²) in [5.74, 6) is -0.384. The van der Waals surface area contributed by atoms with E-state index in [9.17, 15) is 14.4 Å². The summed E-state index contributed by atoms with van der Waals surface area (Å²) in [6, 6.07) is 15.8. The van der Waals surface area contributed by atoms with E-state index in [0.717, 1.165) is 35.2 Å². The molecule has 1 atom stereocenters. The molecule has 0 radical (unpaired) electrons. The van der Waals surface area contributed by atoms with Gasteiger partial charge in [-0.25, -0.2) is 0 Å². The van der Waals surface area contributed by atoms with Gasteiger partial charge in [0.1, 0.15) is 0 Å². The third kappa shape index (κ3) is 6.67. The zero-order valence-corrected chi connectivity index (χ0v) is 19.9. The Bertz CT molecular complexity index is 970. The number of hydrogen-bond donors (Lipinski definition) is 0. The summed E-state index contributed by atoms with van der Waals surface area (Å²) in [6.07, 6.45) is 2.26. The molecule has 1 heterocycles. The molecule has 1 fully saturated rings. The van der Waals surface area contributed by atoms with E-state index in [2.05, 4.69) is 6.07 Å². The first kappa shape index (κ1) is 24.5. The Morgan fingerprint density at radius 2 is 1.82 bits per heavy atom. The standard InChI is InChI=1S/C27H34N2O4/c1-4-25(30)29(18-22-9-6-8-20(3)16-22)24-13-11-21(12-14-24)17-26(31)28-15-7-10-23(19-28)27(32)33-5-2/h6,8-9,11-14,16,23H,4-5,7,10,15,17-19H2,1-3H3/t23-/m1/s1. The van der Waals surface area contributed by atoms with E-state index >= 15 is 0 Å². The van der Waals surface area contributed by atoms with E-state index in [1.807, 2.05) is 56.3 Å². The molecule has 6 heteroatoms. The highest BCUT2D eigenvalue weighted by Gasteiger charge is 2.29. The smallest absolute Gasteiger partial charge is 0.310 e. The topological polar surface area (TPSA) is 66.9 Å². The fourth-order valence-electron chi connectivity index (χ4n) is 4.24. The van der Waals surface area contributed by atoms with Crippen molar-refractivity contribution in [3.05, 3.63) is 65.2 Å². The summed E-state index contributed by atoms with van der Waals surface area (Å²) < 4.78 is 5.13. The zero-order chi connectivity index (χ0) is 23.8. The summed E-state index contributed by atoms with van der Waals surface area (Å²) in [4.78, 5) is 41.1. The summed E-state index contributed by atoms with van der Waals surface area (Å²) in [7, 11) is 0. The molecule has 176 valence electrons. The highest BCUT2D eigenvalue weighted by Crippen LogP contribution is 2.22. The maximum Gasteiger partial charge on any atom is 0.310 e. The summed E-state index contributed by atoms with van der Waals surface area (Å²) >= 11 is 0. The zero-order valence-electron chi connectivity index (χ0n) is 19.9. The minimum atomic E-state index is -0.236. The Kier molecular flexibility index (Phi) is 8.64. The second kappa shape index (κ2) is 11.6. The van der Waals surface area contributed by atoms with Crippen molar-refractivity contribution in [1.29, 1.82) is 0 Å². The van der Waals surface area contributed by atoms with Gasteiger partial charge in [0.15, 0.2) is 0 Å². The van der Waals surface area contributed by atoms with Crippen molar-refractivity contribution in [1.82, 2.24) is 4.90 Å². The molecule has 33 heavy (non-hydrogen) atoms. The van der Waals surface area contributed by atoms with Gasteiger partial charge in [-0.3, -0.25) is 14.4 Å². The Labute approximate surface area is 196 Å². The lowest BCUT2D eigenvalue weighted by molar-refractivity contribution is -0.151. The number of carbonyl (C=O) groups is 3. The number of benzene rings is 2. The van der Waals surface area contributed by atoms with Crippen LogP contribution in [0.1, 0.15) is 49.8 Å². The number of likely N-dealkylation sites (tertiary alicyclic amines) is 1. The highest BCUT2D eigenvalue weighted by atomic mass is 16.5. The van der Waals surface area contributed by atoms with Crippen LogP contribution in [0.3, 0.4) is 0 Å².